The molecule has 0 radical (unpaired) electrons. The summed E-state index contributed by atoms with van der Waals surface area (Å²) >= 11 is 0. The second-order valence-electron chi connectivity index (χ2n) is 1.76. The first-order valence-electron chi connectivity index (χ1n) is 2.29. The molecule has 0 unspecified atom stereocenters. The quantitative estimate of drug-likeness (QED) is 0.395. The molecule has 0 aliphatic carbocycles. The van der Waals surface area contributed by atoms with Crippen molar-refractivity contribution in [3.05, 3.63) is 0 Å². The van der Waals surface area contributed by atoms with Gasteiger partial charge in [-0.1, -0.05) is 8.25 Å². The molecule has 10 nitrogen and oxygen atoms in total. The Labute approximate surface area is 74.8 Å². The van der Waals surface area contributed by atoms with Crippen LogP contribution in [0.25, 0.3) is 0 Å². The molecular formula is H6N4O6S3. The van der Waals surface area contributed by atoms with Crippen LogP contribution in [0.15, 0.2) is 0 Å². The third kappa shape index (κ3) is 8.03. The first-order valence-corrected chi connectivity index (χ1v) is 6.86. The molecule has 6 N–H and O–H groups in total. The lowest BCUT2D eigenvalue weighted by molar-refractivity contribution is 0.570. The number of hydrogen-bond acceptors (Lipinski definition) is 6. The lowest BCUT2D eigenvalue weighted by atomic mass is 13.8. The molecule has 0 aromatic heterocycles. The molecule has 0 rings (SSSR count). The van der Waals surface area contributed by atoms with E-state index in [1.165, 1.54) is 0 Å². The predicted molar refractivity (Wildman–Crippen MR) is 41.4 cm³/mol. The molecule has 0 saturated carbocycles. The zero-order valence-corrected chi connectivity index (χ0v) is 8.28. The number of hydrogen-bond donors (Lipinski definition) is 4. The van der Waals surface area contributed by atoms with Gasteiger partial charge in [-0.15, -0.1) is 0 Å². The molecule has 0 aliphatic rings. The van der Waals surface area contributed by atoms with Crippen molar-refractivity contribution in [3.8, 4) is 0 Å². The summed E-state index contributed by atoms with van der Waals surface area (Å²) in [6.45, 7) is 0. The molecule has 0 heterocycles. The minimum atomic E-state index is -4.82. The molecule has 0 aromatic rings. The van der Waals surface area contributed by atoms with Crippen LogP contribution in [0.3, 0.4) is 0 Å². The fraction of sp³-hybridized carbons (Fsp3) is 0. The van der Waals surface area contributed by atoms with Crippen LogP contribution in [0.1, 0.15) is 0 Å². The van der Waals surface area contributed by atoms with Crippen LogP contribution in [0.5, 0.6) is 0 Å². The molecular weight excluding hydrogens is 248 g/mol. The van der Waals surface area contributed by atoms with E-state index in [-0.39, 0.29) is 0 Å². The fourth-order valence-electron chi connectivity index (χ4n) is 0.323. The minimum Gasteiger partial charge on any atom is -0.215 e. The highest BCUT2D eigenvalue weighted by Crippen LogP contribution is 1.81. The zero-order valence-electron chi connectivity index (χ0n) is 5.83. The van der Waals surface area contributed by atoms with E-state index >= 15 is 0 Å². The van der Waals surface area contributed by atoms with E-state index in [0.717, 1.165) is 8.25 Å². The second-order valence-corrected chi connectivity index (χ2v) is 6.28. The van der Waals surface area contributed by atoms with Crippen LogP contribution < -0.4 is 18.5 Å². The summed E-state index contributed by atoms with van der Waals surface area (Å²) < 4.78 is 63.2. The highest BCUT2D eigenvalue weighted by atomic mass is 32.3. The van der Waals surface area contributed by atoms with Crippen LogP contribution in [0.2, 0.25) is 0 Å². The first kappa shape index (κ1) is 12.7. The van der Waals surface area contributed by atoms with Crippen molar-refractivity contribution in [3.63, 3.8) is 0 Å². The Bertz CT molecular complexity index is 424. The topological polar surface area (TPSA) is 179 Å². The van der Waals surface area contributed by atoms with Crippen molar-refractivity contribution in [2.75, 3.05) is 0 Å². The maximum Gasteiger partial charge on any atom is 0.305 e. The third-order valence-electron chi connectivity index (χ3n) is 0.452. The molecule has 0 saturated heterocycles. The molecule has 0 aromatic carbocycles. The van der Waals surface area contributed by atoms with Crippen molar-refractivity contribution in [2.24, 2.45) is 10.3 Å². The Morgan fingerprint density at radius 1 is 0.692 bits per heavy atom. The van der Waals surface area contributed by atoms with Crippen molar-refractivity contribution < 1.29 is 25.3 Å². The normalized spacial score (nSPS) is 14.3. The maximum absolute atomic E-state index is 10.5. The summed E-state index contributed by atoms with van der Waals surface area (Å²) in [5.41, 5.74) is 0. The minimum absolute atomic E-state index is 0.804. The van der Waals surface area contributed by atoms with E-state index in [1.54, 1.807) is 0 Å². The van der Waals surface area contributed by atoms with Crippen molar-refractivity contribution in [2.45, 2.75) is 0 Å². The van der Waals surface area contributed by atoms with Crippen LogP contribution in [-0.2, 0) is 30.6 Å². The van der Waals surface area contributed by atoms with E-state index in [4.69, 9.17) is 0 Å². The van der Waals surface area contributed by atoms with E-state index in [9.17, 15) is 25.3 Å². The largest absolute Gasteiger partial charge is 0.305 e. The van der Waals surface area contributed by atoms with Gasteiger partial charge in [0.15, 0.2) is 0 Å². The molecule has 13 heavy (non-hydrogen) atoms. The average Bonchev–Trinajstić information content (AvgIpc) is 1.43. The third-order valence-corrected chi connectivity index (χ3v) is 4.07. The number of nitrogens with one attached hydrogen (secondary N) is 2. The highest BCUT2D eigenvalue weighted by molar-refractivity contribution is 8.08. The Morgan fingerprint density at radius 2 is 0.923 bits per heavy atom. The molecule has 0 atom stereocenters. The van der Waals surface area contributed by atoms with Gasteiger partial charge in [-0.3, -0.25) is 0 Å². The maximum atomic E-state index is 10.5. The van der Waals surface area contributed by atoms with Gasteiger partial charge in [0.2, 0.25) is 0 Å². The van der Waals surface area contributed by atoms with Crippen LogP contribution in [0, 0.1) is 0 Å². The van der Waals surface area contributed by atoms with E-state index < -0.39 is 30.6 Å². The Hall–Kier alpha value is -0.310. The van der Waals surface area contributed by atoms with Crippen LogP contribution >= 0.6 is 0 Å². The van der Waals surface area contributed by atoms with Gasteiger partial charge in [0.05, 0.1) is 0 Å². The molecule has 80 valence electrons. The summed E-state index contributed by atoms with van der Waals surface area (Å²) in [5, 5.41) is 8.49. The smallest absolute Gasteiger partial charge is 0.215 e. The summed E-state index contributed by atoms with van der Waals surface area (Å²) in [6.07, 6.45) is 0. The Kier molecular flexibility index (Phi) is 3.36. The molecule has 0 spiro atoms. The van der Waals surface area contributed by atoms with Gasteiger partial charge >= 0.3 is 10.2 Å². The van der Waals surface area contributed by atoms with Gasteiger partial charge < -0.3 is 0 Å². The van der Waals surface area contributed by atoms with Crippen LogP contribution in [0.4, 0.5) is 0 Å². The van der Waals surface area contributed by atoms with Crippen molar-refractivity contribution >= 4 is 30.6 Å². The molecule has 13 heteroatoms. The van der Waals surface area contributed by atoms with Crippen molar-refractivity contribution in [1.29, 1.82) is 0 Å². The molecule has 0 aliphatic heterocycles. The van der Waals surface area contributed by atoms with Crippen molar-refractivity contribution in [1.82, 2.24) is 8.25 Å². The first-order chi connectivity index (χ1) is 5.41. The van der Waals surface area contributed by atoms with E-state index in [1.807, 2.05) is 0 Å². The van der Waals surface area contributed by atoms with Gasteiger partial charge in [-0.2, -0.15) is 25.3 Å². The van der Waals surface area contributed by atoms with Gasteiger partial charge in [-0.25, -0.2) is 10.3 Å². The standard InChI is InChI=1S/H6N4O6S3/c1-11(5,6)3-13(9,10)4-12(2,7)8/h3-4H,(H2,1,5,6)(H2,2,7,8). The average molecular weight is 254 g/mol. The second kappa shape index (κ2) is 3.45. The van der Waals surface area contributed by atoms with E-state index in [0.29, 0.717) is 0 Å². The molecule has 0 fully saturated rings. The van der Waals surface area contributed by atoms with Gasteiger partial charge in [0.1, 0.15) is 0 Å². The summed E-state index contributed by atoms with van der Waals surface area (Å²) in [4.78, 5) is 0. The summed E-state index contributed by atoms with van der Waals surface area (Å²) in [7, 11) is -14.0. The van der Waals surface area contributed by atoms with Gasteiger partial charge in [0, 0.05) is 0 Å². The Balaban J connectivity index is 4.86. The lowest BCUT2D eigenvalue weighted by Gasteiger charge is -2.02. The monoisotopic (exact) mass is 254 g/mol. The predicted octanol–water partition coefficient (Wildman–Crippen LogP) is -4.18. The van der Waals surface area contributed by atoms with Gasteiger partial charge in [0.25, 0.3) is 20.4 Å². The Morgan fingerprint density at radius 3 is 1.08 bits per heavy atom. The van der Waals surface area contributed by atoms with Gasteiger partial charge in [-0.05, 0) is 0 Å². The fourth-order valence-corrected chi connectivity index (χ4v) is 3.21. The van der Waals surface area contributed by atoms with Crippen LogP contribution in [-0.4, -0.2) is 25.3 Å². The molecule has 0 amide bonds. The number of nitrogens with two attached hydrogens (primary N) is 2. The summed E-state index contributed by atoms with van der Waals surface area (Å²) in [6, 6.07) is 0. The molecule has 0 bridgehead atoms. The highest BCUT2D eigenvalue weighted by Gasteiger charge is 2.21. The number of rotatable bonds is 4. The summed E-state index contributed by atoms with van der Waals surface area (Å²) in [5.74, 6) is 0. The van der Waals surface area contributed by atoms with E-state index in [2.05, 4.69) is 10.3 Å². The zero-order chi connectivity index (χ0) is 10.9. The SMILES string of the molecule is NS(=O)(=O)NS(=O)(=O)NS(N)(=O)=O. The lowest BCUT2D eigenvalue weighted by Crippen LogP contribution is -2.47.